The molecule has 0 fully saturated rings. The van der Waals surface area contributed by atoms with Gasteiger partial charge in [0.2, 0.25) is 0 Å². The molecule has 0 aliphatic carbocycles. The Morgan fingerprint density at radius 2 is 1.24 bits per heavy atom. The molecule has 3 aromatic carbocycles. The molecule has 4 nitrogen and oxygen atoms in total. The van der Waals surface area contributed by atoms with Crippen molar-refractivity contribution in [2.45, 2.75) is 4.90 Å². The monoisotopic (exact) mass is 370 g/mol. The van der Waals surface area contributed by atoms with Crippen molar-refractivity contribution in [2.24, 2.45) is 4.15 Å². The van der Waals surface area contributed by atoms with E-state index in [9.17, 15) is 8.42 Å². The van der Waals surface area contributed by atoms with Crippen molar-refractivity contribution < 1.29 is 13.2 Å². The van der Waals surface area contributed by atoms with Crippen molar-refractivity contribution in [1.82, 2.24) is 0 Å². The predicted molar refractivity (Wildman–Crippen MR) is 102 cm³/mol. The quantitative estimate of drug-likeness (QED) is 0.644. The van der Waals surface area contributed by atoms with Gasteiger partial charge in [-0.05, 0) is 48.5 Å². The number of sulfonamides is 1. The van der Waals surface area contributed by atoms with Crippen LogP contribution in [-0.4, -0.2) is 15.5 Å². The Bertz CT molecular complexity index is 929. The smallest absolute Gasteiger partial charge is 0.317 e. The molecule has 6 heteroatoms. The van der Waals surface area contributed by atoms with E-state index in [4.69, 9.17) is 4.74 Å². The molecular formula is C19H17NO3PS+. The first-order chi connectivity index (χ1) is 12.1. The zero-order valence-electron chi connectivity index (χ0n) is 13.6. The highest BCUT2D eigenvalue weighted by Gasteiger charge is 2.26. The van der Waals surface area contributed by atoms with Gasteiger partial charge in [-0.25, -0.2) is 0 Å². The second kappa shape index (κ2) is 7.60. The minimum atomic E-state index is -3.78. The fraction of sp³-hybridized carbons (Fsp3) is 0.0526. The number of benzene rings is 3. The average molecular weight is 370 g/mol. The van der Waals surface area contributed by atoms with Gasteiger partial charge in [0.1, 0.15) is 5.75 Å². The molecule has 25 heavy (non-hydrogen) atoms. The van der Waals surface area contributed by atoms with Crippen molar-refractivity contribution in [3.05, 3.63) is 84.9 Å². The summed E-state index contributed by atoms with van der Waals surface area (Å²) < 4.78 is 34.9. The topological polar surface area (TPSA) is 55.7 Å². The van der Waals surface area contributed by atoms with Gasteiger partial charge in [-0.3, -0.25) is 0 Å². The fourth-order valence-electron chi connectivity index (χ4n) is 2.28. The molecule has 0 N–H and O–H groups in total. The zero-order valence-corrected chi connectivity index (χ0v) is 15.3. The lowest BCUT2D eigenvalue weighted by atomic mass is 10.3. The summed E-state index contributed by atoms with van der Waals surface area (Å²) in [5.41, 5.74) is 0. The van der Waals surface area contributed by atoms with Crippen molar-refractivity contribution in [3.63, 3.8) is 0 Å². The van der Waals surface area contributed by atoms with Crippen LogP contribution in [0.2, 0.25) is 0 Å². The first kappa shape index (κ1) is 17.3. The molecular weight excluding hydrogens is 353 g/mol. The van der Waals surface area contributed by atoms with Gasteiger partial charge >= 0.3 is 10.0 Å². The highest BCUT2D eigenvalue weighted by molar-refractivity contribution is 7.94. The highest BCUT2D eigenvalue weighted by Crippen LogP contribution is 2.29. The van der Waals surface area contributed by atoms with Gasteiger partial charge in [0, 0.05) is 4.15 Å². The van der Waals surface area contributed by atoms with Crippen molar-refractivity contribution in [3.8, 4) is 5.75 Å². The number of rotatable bonds is 5. The zero-order chi connectivity index (χ0) is 17.7. The van der Waals surface area contributed by atoms with Crippen molar-refractivity contribution >= 4 is 28.3 Å². The van der Waals surface area contributed by atoms with Crippen LogP contribution in [0.4, 0.5) is 0 Å². The van der Waals surface area contributed by atoms with Crippen LogP contribution in [0.15, 0.2) is 94.0 Å². The summed E-state index contributed by atoms with van der Waals surface area (Å²) in [6, 6.07) is 25.3. The van der Waals surface area contributed by atoms with Gasteiger partial charge in [0.15, 0.2) is 10.6 Å². The number of hydrogen-bond donors (Lipinski definition) is 0. The van der Waals surface area contributed by atoms with Gasteiger partial charge < -0.3 is 4.74 Å². The predicted octanol–water partition coefficient (Wildman–Crippen LogP) is 3.70. The van der Waals surface area contributed by atoms with Crippen molar-refractivity contribution in [2.75, 3.05) is 7.11 Å². The van der Waals surface area contributed by atoms with Crippen LogP contribution in [0.25, 0.3) is 0 Å². The number of nitrogens with zero attached hydrogens (tertiary/aromatic N) is 1. The van der Waals surface area contributed by atoms with Crippen LogP contribution in [0.1, 0.15) is 0 Å². The molecule has 3 rings (SSSR count). The second-order valence-electron chi connectivity index (χ2n) is 5.22. The Hall–Kier alpha value is -2.49. The van der Waals surface area contributed by atoms with E-state index < -0.39 is 17.7 Å². The van der Waals surface area contributed by atoms with Gasteiger partial charge in [0.25, 0.3) is 7.71 Å². The van der Waals surface area contributed by atoms with E-state index in [-0.39, 0.29) is 4.90 Å². The Kier molecular flexibility index (Phi) is 5.27. The molecule has 0 amide bonds. The maximum absolute atomic E-state index is 12.8. The molecule has 0 spiro atoms. The number of hydrogen-bond acceptors (Lipinski definition) is 3. The van der Waals surface area contributed by atoms with E-state index in [1.165, 1.54) is 19.2 Å². The summed E-state index contributed by atoms with van der Waals surface area (Å²) in [6.45, 7) is 0. The molecule has 0 saturated heterocycles. The first-order valence-corrected chi connectivity index (χ1v) is 10.4. The summed E-state index contributed by atoms with van der Waals surface area (Å²) >= 11 is 0. The number of ether oxygens (including phenoxy) is 1. The van der Waals surface area contributed by atoms with E-state index in [1.54, 1.807) is 12.1 Å². The summed E-state index contributed by atoms with van der Waals surface area (Å²) in [4.78, 5) is 0.160. The number of methoxy groups -OCH3 is 1. The Balaban J connectivity index is 2.11. The summed E-state index contributed by atoms with van der Waals surface area (Å²) in [5.74, 6) is 0.604. The van der Waals surface area contributed by atoms with E-state index in [1.807, 2.05) is 60.7 Å². The molecule has 126 valence electrons. The first-order valence-electron chi connectivity index (χ1n) is 7.62. The van der Waals surface area contributed by atoms with Gasteiger partial charge in [-0.15, -0.1) is 0 Å². The molecule has 0 unspecified atom stereocenters. The minimum Gasteiger partial charge on any atom is -0.497 e. The SMILES string of the molecule is COc1ccc(S(=O)(=O)N=[P+](c2ccccc2)c2ccccc2)cc1. The highest BCUT2D eigenvalue weighted by atomic mass is 32.2. The van der Waals surface area contributed by atoms with Gasteiger partial charge in [-0.1, -0.05) is 36.4 Å². The summed E-state index contributed by atoms with van der Waals surface area (Å²) in [6.07, 6.45) is 0. The van der Waals surface area contributed by atoms with Crippen LogP contribution in [0, 0.1) is 0 Å². The lowest BCUT2D eigenvalue weighted by Crippen LogP contribution is -2.08. The molecule has 0 aliphatic heterocycles. The van der Waals surface area contributed by atoms with E-state index in [0.29, 0.717) is 5.75 Å². The van der Waals surface area contributed by atoms with Gasteiger partial charge in [0.05, 0.1) is 12.0 Å². The fourth-order valence-corrected chi connectivity index (χ4v) is 5.96. The molecule has 0 bridgehead atoms. The van der Waals surface area contributed by atoms with E-state index >= 15 is 0 Å². The third-order valence-electron chi connectivity index (χ3n) is 3.55. The average Bonchev–Trinajstić information content (AvgIpc) is 2.67. The molecule has 0 radical (unpaired) electrons. The molecule has 0 aliphatic rings. The molecule has 0 saturated carbocycles. The lowest BCUT2D eigenvalue weighted by Gasteiger charge is -2.01. The Morgan fingerprint density at radius 1 is 0.760 bits per heavy atom. The third kappa shape index (κ3) is 4.13. The summed E-state index contributed by atoms with van der Waals surface area (Å²) in [5, 5.41) is 1.78. The molecule has 0 aromatic heterocycles. The van der Waals surface area contributed by atoms with Crippen LogP contribution >= 0.6 is 7.71 Å². The molecule has 0 heterocycles. The maximum atomic E-state index is 12.8. The van der Waals surface area contributed by atoms with Crippen LogP contribution < -0.4 is 15.3 Å². The standard InChI is InChI=1S/C19H17NO3PS/c1-23-16-12-14-19(15-13-16)25(21,22)20-24(17-8-4-2-5-9-17)18-10-6-3-7-11-18/h2-15H,1H3/q+1. The van der Waals surface area contributed by atoms with E-state index in [2.05, 4.69) is 4.15 Å². The minimum absolute atomic E-state index is 0.160. The van der Waals surface area contributed by atoms with Crippen LogP contribution in [-0.2, 0) is 10.0 Å². The largest absolute Gasteiger partial charge is 0.497 e. The summed E-state index contributed by atoms with van der Waals surface area (Å²) in [7, 11) is -3.61. The molecule has 3 aromatic rings. The normalized spacial score (nSPS) is 10.9. The van der Waals surface area contributed by atoms with E-state index in [0.717, 1.165) is 10.6 Å². The second-order valence-corrected chi connectivity index (χ2v) is 8.95. The van der Waals surface area contributed by atoms with Crippen LogP contribution in [0.5, 0.6) is 5.75 Å². The molecule has 0 atom stereocenters. The van der Waals surface area contributed by atoms with Crippen LogP contribution in [0.3, 0.4) is 0 Å². The van der Waals surface area contributed by atoms with Crippen molar-refractivity contribution in [1.29, 1.82) is 0 Å². The maximum Gasteiger partial charge on any atom is 0.317 e. The Morgan fingerprint density at radius 3 is 1.68 bits per heavy atom. The third-order valence-corrected chi connectivity index (χ3v) is 7.50. The lowest BCUT2D eigenvalue weighted by molar-refractivity contribution is 0.414. The Labute approximate surface area is 148 Å². The van der Waals surface area contributed by atoms with Gasteiger partial charge in [-0.2, -0.15) is 8.42 Å².